The molecule has 3 heteroatoms. The highest BCUT2D eigenvalue weighted by molar-refractivity contribution is 5.86. The average Bonchev–Trinajstić information content (AvgIpc) is 2.14. The molecule has 0 radical (unpaired) electrons. The van der Waals surface area contributed by atoms with E-state index in [0.29, 0.717) is 5.57 Å². The van der Waals surface area contributed by atoms with Gasteiger partial charge in [-0.05, 0) is 19.8 Å². The predicted octanol–water partition coefficient (Wildman–Crippen LogP) is 2.53. The van der Waals surface area contributed by atoms with Crippen molar-refractivity contribution >= 4 is 5.97 Å². The number of hydrogen-bond acceptors (Lipinski definition) is 3. The van der Waals surface area contributed by atoms with Crippen molar-refractivity contribution in [2.75, 3.05) is 13.1 Å². The van der Waals surface area contributed by atoms with Gasteiger partial charge in [0.25, 0.3) is 0 Å². The second kappa shape index (κ2) is 7.56. The Hall–Kier alpha value is -0.830. The molecule has 0 N–H and O–H groups in total. The molecule has 0 aliphatic heterocycles. The molecule has 0 bridgehead atoms. The van der Waals surface area contributed by atoms with E-state index >= 15 is 0 Å². The van der Waals surface area contributed by atoms with Crippen molar-refractivity contribution in [2.24, 2.45) is 0 Å². The third-order valence-electron chi connectivity index (χ3n) is 1.79. The Balaban J connectivity index is 3.94. The van der Waals surface area contributed by atoms with Gasteiger partial charge in [-0.2, -0.15) is 0 Å². The minimum Gasteiger partial charge on any atom is -0.364 e. The summed E-state index contributed by atoms with van der Waals surface area (Å²) in [5.74, 6) is -0.324. The van der Waals surface area contributed by atoms with Gasteiger partial charge in [0.2, 0.25) is 0 Å². The van der Waals surface area contributed by atoms with E-state index in [1.165, 1.54) is 0 Å². The smallest absolute Gasteiger partial charge is 0.352 e. The van der Waals surface area contributed by atoms with Crippen molar-refractivity contribution in [3.8, 4) is 0 Å². The standard InChI is InChI=1S/C11H21NO2/c1-5-7-9-12(8-6-2)14-11(13)10(3)4/h3,5-9H2,1-2,4H3. The van der Waals surface area contributed by atoms with E-state index in [2.05, 4.69) is 20.4 Å². The SMILES string of the molecule is C=C(C)C(=O)ON(CCC)CCCC. The van der Waals surface area contributed by atoms with Gasteiger partial charge in [-0.15, -0.1) is 5.06 Å². The lowest BCUT2D eigenvalue weighted by molar-refractivity contribution is -0.185. The maximum absolute atomic E-state index is 11.2. The van der Waals surface area contributed by atoms with Gasteiger partial charge >= 0.3 is 5.97 Å². The molecule has 0 atom stereocenters. The van der Waals surface area contributed by atoms with E-state index in [1.807, 2.05) is 0 Å². The van der Waals surface area contributed by atoms with Crippen molar-refractivity contribution in [1.82, 2.24) is 5.06 Å². The van der Waals surface area contributed by atoms with Crippen LogP contribution in [0.3, 0.4) is 0 Å². The monoisotopic (exact) mass is 199 g/mol. The topological polar surface area (TPSA) is 29.5 Å². The number of carbonyl (C=O) groups excluding carboxylic acids is 1. The van der Waals surface area contributed by atoms with Gasteiger partial charge < -0.3 is 4.84 Å². The fourth-order valence-corrected chi connectivity index (χ4v) is 0.982. The van der Waals surface area contributed by atoms with E-state index in [4.69, 9.17) is 4.84 Å². The average molecular weight is 199 g/mol. The summed E-state index contributed by atoms with van der Waals surface area (Å²) in [5.41, 5.74) is 0.447. The van der Waals surface area contributed by atoms with Crippen LogP contribution in [0.1, 0.15) is 40.0 Å². The third-order valence-corrected chi connectivity index (χ3v) is 1.79. The zero-order valence-corrected chi connectivity index (χ0v) is 9.51. The quantitative estimate of drug-likeness (QED) is 0.466. The summed E-state index contributed by atoms with van der Waals surface area (Å²) < 4.78 is 0. The Morgan fingerprint density at radius 3 is 2.36 bits per heavy atom. The molecule has 0 fully saturated rings. The fourth-order valence-electron chi connectivity index (χ4n) is 0.982. The summed E-state index contributed by atoms with van der Waals surface area (Å²) in [6.45, 7) is 11.0. The zero-order chi connectivity index (χ0) is 11.0. The van der Waals surface area contributed by atoms with Crippen LogP contribution in [-0.4, -0.2) is 24.1 Å². The van der Waals surface area contributed by atoms with Crippen LogP contribution in [0, 0.1) is 0 Å². The van der Waals surface area contributed by atoms with Crippen molar-refractivity contribution in [3.05, 3.63) is 12.2 Å². The molecular weight excluding hydrogens is 178 g/mol. The molecule has 0 saturated carbocycles. The van der Waals surface area contributed by atoms with E-state index in [9.17, 15) is 4.79 Å². The minimum absolute atomic E-state index is 0.324. The van der Waals surface area contributed by atoms with Crippen molar-refractivity contribution in [2.45, 2.75) is 40.0 Å². The number of carbonyl (C=O) groups is 1. The molecule has 0 saturated heterocycles. The Morgan fingerprint density at radius 1 is 1.29 bits per heavy atom. The van der Waals surface area contributed by atoms with Crippen LogP contribution in [0.15, 0.2) is 12.2 Å². The third kappa shape index (κ3) is 5.75. The maximum Gasteiger partial charge on any atom is 0.352 e. The lowest BCUT2D eigenvalue weighted by Crippen LogP contribution is -2.29. The Bertz CT molecular complexity index is 190. The van der Waals surface area contributed by atoms with Crippen LogP contribution >= 0.6 is 0 Å². The molecule has 0 aliphatic rings. The summed E-state index contributed by atoms with van der Waals surface area (Å²) in [6.07, 6.45) is 3.13. The highest BCUT2D eigenvalue weighted by atomic mass is 16.7. The van der Waals surface area contributed by atoms with E-state index in [0.717, 1.165) is 32.4 Å². The zero-order valence-electron chi connectivity index (χ0n) is 9.51. The first-order valence-corrected chi connectivity index (χ1v) is 5.24. The van der Waals surface area contributed by atoms with Gasteiger partial charge in [0.15, 0.2) is 0 Å². The normalized spacial score (nSPS) is 10.3. The van der Waals surface area contributed by atoms with Gasteiger partial charge in [0.1, 0.15) is 0 Å². The van der Waals surface area contributed by atoms with Crippen molar-refractivity contribution < 1.29 is 9.63 Å². The number of unbranched alkanes of at least 4 members (excludes halogenated alkanes) is 1. The molecule has 0 aliphatic carbocycles. The lowest BCUT2D eigenvalue weighted by Gasteiger charge is -2.20. The number of hydroxylamine groups is 2. The van der Waals surface area contributed by atoms with Crippen LogP contribution < -0.4 is 0 Å². The Kier molecular flexibility index (Phi) is 7.11. The van der Waals surface area contributed by atoms with Gasteiger partial charge in [-0.1, -0.05) is 26.8 Å². The molecule has 0 aromatic heterocycles. The Labute approximate surface area is 86.7 Å². The molecular formula is C11H21NO2. The lowest BCUT2D eigenvalue weighted by atomic mass is 10.3. The second-order valence-corrected chi connectivity index (χ2v) is 3.44. The van der Waals surface area contributed by atoms with Crippen molar-refractivity contribution in [3.63, 3.8) is 0 Å². The van der Waals surface area contributed by atoms with Crippen LogP contribution in [0.25, 0.3) is 0 Å². The van der Waals surface area contributed by atoms with Crippen molar-refractivity contribution in [1.29, 1.82) is 0 Å². The molecule has 14 heavy (non-hydrogen) atoms. The summed E-state index contributed by atoms with van der Waals surface area (Å²) in [6, 6.07) is 0. The van der Waals surface area contributed by atoms with Gasteiger partial charge in [-0.3, -0.25) is 0 Å². The highest BCUT2D eigenvalue weighted by Gasteiger charge is 2.10. The molecule has 0 rings (SSSR count). The first kappa shape index (κ1) is 13.2. The largest absolute Gasteiger partial charge is 0.364 e. The van der Waals surface area contributed by atoms with Crippen LogP contribution in [0.4, 0.5) is 0 Å². The first-order chi connectivity index (χ1) is 6.61. The molecule has 0 heterocycles. The van der Waals surface area contributed by atoms with E-state index in [-0.39, 0.29) is 5.97 Å². The van der Waals surface area contributed by atoms with Crippen LogP contribution in [0.5, 0.6) is 0 Å². The maximum atomic E-state index is 11.2. The molecule has 3 nitrogen and oxygen atoms in total. The van der Waals surface area contributed by atoms with Gasteiger partial charge in [0, 0.05) is 18.7 Å². The summed E-state index contributed by atoms with van der Waals surface area (Å²) in [7, 11) is 0. The number of nitrogens with zero attached hydrogens (tertiary/aromatic N) is 1. The van der Waals surface area contributed by atoms with Crippen LogP contribution in [0.2, 0.25) is 0 Å². The number of hydrogen-bond donors (Lipinski definition) is 0. The van der Waals surface area contributed by atoms with Gasteiger partial charge in [-0.25, -0.2) is 4.79 Å². The van der Waals surface area contributed by atoms with E-state index < -0.39 is 0 Å². The minimum atomic E-state index is -0.324. The molecule has 0 spiro atoms. The first-order valence-electron chi connectivity index (χ1n) is 5.24. The van der Waals surface area contributed by atoms with Gasteiger partial charge in [0.05, 0.1) is 0 Å². The predicted molar refractivity (Wildman–Crippen MR) is 57.7 cm³/mol. The summed E-state index contributed by atoms with van der Waals surface area (Å²) >= 11 is 0. The number of rotatable bonds is 7. The fraction of sp³-hybridized carbons (Fsp3) is 0.727. The summed E-state index contributed by atoms with van der Waals surface area (Å²) in [4.78, 5) is 16.4. The van der Waals surface area contributed by atoms with E-state index in [1.54, 1.807) is 12.0 Å². The summed E-state index contributed by atoms with van der Waals surface area (Å²) in [5, 5.41) is 1.72. The second-order valence-electron chi connectivity index (χ2n) is 3.44. The molecule has 0 amide bonds. The molecule has 0 aromatic rings. The molecule has 0 unspecified atom stereocenters. The Morgan fingerprint density at radius 2 is 1.93 bits per heavy atom. The highest BCUT2D eigenvalue weighted by Crippen LogP contribution is 2.01. The molecule has 82 valence electrons. The van der Waals surface area contributed by atoms with Crippen LogP contribution in [-0.2, 0) is 9.63 Å². The molecule has 0 aromatic carbocycles.